The van der Waals surface area contributed by atoms with Crippen molar-refractivity contribution in [2.75, 3.05) is 11.9 Å². The van der Waals surface area contributed by atoms with Crippen molar-refractivity contribution >= 4 is 17.3 Å². The lowest BCUT2D eigenvalue weighted by atomic mass is 10.3. The van der Waals surface area contributed by atoms with Gasteiger partial charge in [0.2, 0.25) is 0 Å². The Balaban J connectivity index is 2.34. The number of hydrogen-bond acceptors (Lipinski definition) is 4. The number of oxime groups is 1. The standard InChI is InChI=1S/C13H14N4O/c1-17(10-6-3-2-4-7-10)12-9-5-8-11(15-12)13(14)16-18/h2-9,18H,1H3,(H2,14,16). The largest absolute Gasteiger partial charge is 0.409 e. The summed E-state index contributed by atoms with van der Waals surface area (Å²) in [4.78, 5) is 6.25. The molecule has 0 spiro atoms. The van der Waals surface area contributed by atoms with E-state index in [1.807, 2.05) is 54.4 Å². The van der Waals surface area contributed by atoms with Crippen molar-refractivity contribution in [2.24, 2.45) is 10.9 Å². The topological polar surface area (TPSA) is 74.7 Å². The van der Waals surface area contributed by atoms with Gasteiger partial charge in [-0.3, -0.25) is 0 Å². The van der Waals surface area contributed by atoms with Crippen molar-refractivity contribution < 1.29 is 5.21 Å². The summed E-state index contributed by atoms with van der Waals surface area (Å²) in [5.74, 6) is 0.726. The molecule has 0 amide bonds. The van der Waals surface area contributed by atoms with Gasteiger partial charge in [-0.2, -0.15) is 0 Å². The molecule has 5 heteroatoms. The van der Waals surface area contributed by atoms with Crippen LogP contribution in [0.5, 0.6) is 0 Å². The minimum atomic E-state index is -0.00156. The number of benzene rings is 1. The molecule has 0 saturated carbocycles. The Hall–Kier alpha value is -2.56. The molecular formula is C13H14N4O. The van der Waals surface area contributed by atoms with Crippen LogP contribution in [-0.4, -0.2) is 23.1 Å². The lowest BCUT2D eigenvalue weighted by Crippen LogP contribution is -2.17. The number of pyridine rings is 1. The molecule has 1 aromatic carbocycles. The molecule has 2 rings (SSSR count). The van der Waals surface area contributed by atoms with E-state index in [1.165, 1.54) is 0 Å². The smallest absolute Gasteiger partial charge is 0.188 e. The van der Waals surface area contributed by atoms with E-state index in [4.69, 9.17) is 10.9 Å². The van der Waals surface area contributed by atoms with Gasteiger partial charge in [0.05, 0.1) is 0 Å². The summed E-state index contributed by atoms with van der Waals surface area (Å²) in [5.41, 5.74) is 6.98. The summed E-state index contributed by atoms with van der Waals surface area (Å²) in [7, 11) is 1.91. The first-order valence-electron chi connectivity index (χ1n) is 5.46. The second-order valence-electron chi connectivity index (χ2n) is 3.76. The Kier molecular flexibility index (Phi) is 3.43. The van der Waals surface area contributed by atoms with Crippen LogP contribution in [0.2, 0.25) is 0 Å². The maximum Gasteiger partial charge on any atom is 0.188 e. The summed E-state index contributed by atoms with van der Waals surface area (Å²) in [6.45, 7) is 0. The maximum atomic E-state index is 8.64. The molecule has 0 bridgehead atoms. The van der Waals surface area contributed by atoms with E-state index in [0.29, 0.717) is 5.69 Å². The highest BCUT2D eigenvalue weighted by Gasteiger charge is 2.07. The lowest BCUT2D eigenvalue weighted by molar-refractivity contribution is 0.318. The predicted molar refractivity (Wildman–Crippen MR) is 71.3 cm³/mol. The van der Waals surface area contributed by atoms with E-state index in [-0.39, 0.29) is 5.84 Å². The summed E-state index contributed by atoms with van der Waals surface area (Å²) in [6.07, 6.45) is 0. The van der Waals surface area contributed by atoms with E-state index in [9.17, 15) is 0 Å². The molecule has 3 N–H and O–H groups in total. The van der Waals surface area contributed by atoms with E-state index < -0.39 is 0 Å². The van der Waals surface area contributed by atoms with Gasteiger partial charge in [0.25, 0.3) is 0 Å². The number of anilines is 2. The molecule has 0 aliphatic rings. The third kappa shape index (κ3) is 2.40. The average Bonchev–Trinajstić information content (AvgIpc) is 2.46. The van der Waals surface area contributed by atoms with Gasteiger partial charge < -0.3 is 15.8 Å². The van der Waals surface area contributed by atoms with E-state index in [1.54, 1.807) is 6.07 Å². The van der Waals surface area contributed by atoms with Crippen LogP contribution in [0.25, 0.3) is 0 Å². The highest BCUT2D eigenvalue weighted by atomic mass is 16.4. The number of para-hydroxylation sites is 1. The number of rotatable bonds is 3. The molecule has 2 aromatic rings. The molecule has 0 atom stereocenters. The van der Waals surface area contributed by atoms with E-state index >= 15 is 0 Å². The highest BCUT2D eigenvalue weighted by molar-refractivity contribution is 5.95. The van der Waals surface area contributed by atoms with Gasteiger partial charge in [-0.15, -0.1) is 0 Å². The number of aromatic nitrogens is 1. The van der Waals surface area contributed by atoms with Crippen LogP contribution >= 0.6 is 0 Å². The van der Waals surface area contributed by atoms with Crippen LogP contribution in [0.15, 0.2) is 53.7 Å². The van der Waals surface area contributed by atoms with E-state index in [2.05, 4.69) is 10.1 Å². The molecule has 92 valence electrons. The molecule has 0 fully saturated rings. The van der Waals surface area contributed by atoms with Crippen molar-refractivity contribution in [1.82, 2.24) is 4.98 Å². The van der Waals surface area contributed by atoms with Crippen LogP contribution in [0.3, 0.4) is 0 Å². The Morgan fingerprint density at radius 1 is 1.17 bits per heavy atom. The predicted octanol–water partition coefficient (Wildman–Crippen LogP) is 1.94. The first kappa shape index (κ1) is 11.9. The zero-order valence-electron chi connectivity index (χ0n) is 9.99. The van der Waals surface area contributed by atoms with Gasteiger partial charge in [-0.1, -0.05) is 29.4 Å². The zero-order chi connectivity index (χ0) is 13.0. The number of nitrogens with two attached hydrogens (primary N) is 1. The zero-order valence-corrected chi connectivity index (χ0v) is 9.99. The quantitative estimate of drug-likeness (QED) is 0.373. The lowest BCUT2D eigenvalue weighted by Gasteiger charge is -2.18. The van der Waals surface area contributed by atoms with Crippen molar-refractivity contribution in [3.63, 3.8) is 0 Å². The second kappa shape index (κ2) is 5.18. The molecule has 18 heavy (non-hydrogen) atoms. The van der Waals surface area contributed by atoms with Crippen LogP contribution in [-0.2, 0) is 0 Å². The maximum absolute atomic E-state index is 8.64. The van der Waals surface area contributed by atoms with Gasteiger partial charge in [0.15, 0.2) is 5.84 Å². The molecule has 1 aromatic heterocycles. The summed E-state index contributed by atoms with van der Waals surface area (Å²) < 4.78 is 0. The highest BCUT2D eigenvalue weighted by Crippen LogP contribution is 2.20. The second-order valence-corrected chi connectivity index (χ2v) is 3.76. The van der Waals surface area contributed by atoms with Gasteiger partial charge >= 0.3 is 0 Å². The van der Waals surface area contributed by atoms with Gasteiger partial charge in [0.1, 0.15) is 11.5 Å². The minimum Gasteiger partial charge on any atom is -0.409 e. The molecular weight excluding hydrogens is 228 g/mol. The Morgan fingerprint density at radius 3 is 2.56 bits per heavy atom. The van der Waals surface area contributed by atoms with Crippen molar-refractivity contribution in [3.8, 4) is 0 Å². The van der Waals surface area contributed by atoms with Crippen LogP contribution in [0.1, 0.15) is 5.69 Å². The number of hydrogen-bond donors (Lipinski definition) is 2. The van der Waals surface area contributed by atoms with Crippen molar-refractivity contribution in [2.45, 2.75) is 0 Å². The summed E-state index contributed by atoms with van der Waals surface area (Å²) >= 11 is 0. The molecule has 0 unspecified atom stereocenters. The Labute approximate surface area is 105 Å². The molecule has 0 aliphatic heterocycles. The number of amidine groups is 1. The molecule has 0 aliphatic carbocycles. The third-order valence-electron chi connectivity index (χ3n) is 2.59. The summed E-state index contributed by atoms with van der Waals surface area (Å²) in [5, 5.41) is 11.6. The number of nitrogens with zero attached hydrogens (tertiary/aromatic N) is 3. The molecule has 0 radical (unpaired) electrons. The van der Waals surface area contributed by atoms with Crippen molar-refractivity contribution in [3.05, 3.63) is 54.2 Å². The van der Waals surface area contributed by atoms with Gasteiger partial charge in [0, 0.05) is 12.7 Å². The third-order valence-corrected chi connectivity index (χ3v) is 2.59. The fraction of sp³-hybridized carbons (Fsp3) is 0.0769. The first-order valence-corrected chi connectivity index (χ1v) is 5.46. The normalized spacial score (nSPS) is 11.3. The van der Waals surface area contributed by atoms with Crippen molar-refractivity contribution in [1.29, 1.82) is 0 Å². The summed E-state index contributed by atoms with van der Waals surface area (Å²) in [6, 6.07) is 15.2. The molecule has 1 heterocycles. The average molecular weight is 242 g/mol. The minimum absolute atomic E-state index is 0.00156. The fourth-order valence-corrected chi connectivity index (χ4v) is 1.59. The van der Waals surface area contributed by atoms with Crippen LogP contribution in [0, 0.1) is 0 Å². The van der Waals surface area contributed by atoms with Gasteiger partial charge in [-0.05, 0) is 24.3 Å². The monoisotopic (exact) mass is 242 g/mol. The fourth-order valence-electron chi connectivity index (χ4n) is 1.59. The molecule has 5 nitrogen and oxygen atoms in total. The van der Waals surface area contributed by atoms with Gasteiger partial charge in [-0.25, -0.2) is 4.98 Å². The SMILES string of the molecule is CN(c1ccccc1)c1cccc(C(N)=NO)n1. The van der Waals surface area contributed by atoms with Crippen LogP contribution in [0.4, 0.5) is 11.5 Å². The van der Waals surface area contributed by atoms with E-state index in [0.717, 1.165) is 11.5 Å². The van der Waals surface area contributed by atoms with Crippen LogP contribution < -0.4 is 10.6 Å². The Bertz CT molecular complexity index is 554. The Morgan fingerprint density at radius 2 is 1.89 bits per heavy atom. The first-order chi connectivity index (χ1) is 8.72. The molecule has 0 saturated heterocycles.